The summed E-state index contributed by atoms with van der Waals surface area (Å²) >= 11 is 0. The fourth-order valence-electron chi connectivity index (χ4n) is 1.56. The monoisotopic (exact) mass is 155 g/mol. The molecule has 2 atom stereocenters. The number of carbonyl (C=O) groups excluding carboxylic acids is 1. The Kier molecular flexibility index (Phi) is 2.53. The van der Waals surface area contributed by atoms with Gasteiger partial charge in [-0.15, -0.1) is 0 Å². The fourth-order valence-corrected chi connectivity index (χ4v) is 1.56. The quantitative estimate of drug-likeness (QED) is 0.562. The van der Waals surface area contributed by atoms with Gasteiger partial charge in [0.05, 0.1) is 0 Å². The summed E-state index contributed by atoms with van der Waals surface area (Å²) < 4.78 is 0. The van der Waals surface area contributed by atoms with E-state index in [-0.39, 0.29) is 0 Å². The predicted octanol–water partition coefficient (Wildman–Crippen LogP) is 1.51. The van der Waals surface area contributed by atoms with E-state index in [2.05, 4.69) is 13.8 Å². The van der Waals surface area contributed by atoms with E-state index in [9.17, 15) is 4.79 Å². The van der Waals surface area contributed by atoms with Gasteiger partial charge in [-0.3, -0.25) is 4.79 Å². The van der Waals surface area contributed by atoms with Gasteiger partial charge in [0.15, 0.2) is 0 Å². The molecular weight excluding hydrogens is 138 g/mol. The molecule has 1 amide bonds. The lowest BCUT2D eigenvalue weighted by Gasteiger charge is -2.13. The third-order valence-corrected chi connectivity index (χ3v) is 2.64. The first-order valence-electron chi connectivity index (χ1n) is 4.43. The van der Waals surface area contributed by atoms with Crippen molar-refractivity contribution in [3.63, 3.8) is 0 Å². The Hall–Kier alpha value is -0.530. The van der Waals surface area contributed by atoms with E-state index < -0.39 is 0 Å². The lowest BCUT2D eigenvalue weighted by molar-refractivity contribution is -0.130. The standard InChI is InChI=1S/C9H17NO/c1-4-9(11)10-5-7(2)8(3)6-10/h7-8H,4-6H2,1-3H3. The molecule has 0 saturated carbocycles. The van der Waals surface area contributed by atoms with Gasteiger partial charge in [0.2, 0.25) is 5.91 Å². The lowest BCUT2D eigenvalue weighted by Crippen LogP contribution is -2.27. The van der Waals surface area contributed by atoms with E-state index in [0.717, 1.165) is 13.1 Å². The molecule has 1 rings (SSSR count). The molecule has 1 saturated heterocycles. The molecule has 1 aliphatic rings. The van der Waals surface area contributed by atoms with Crippen molar-refractivity contribution in [3.05, 3.63) is 0 Å². The van der Waals surface area contributed by atoms with Gasteiger partial charge in [-0.1, -0.05) is 20.8 Å². The second-order valence-corrected chi connectivity index (χ2v) is 3.61. The van der Waals surface area contributed by atoms with Crippen molar-refractivity contribution < 1.29 is 4.79 Å². The molecular formula is C9H17NO. The van der Waals surface area contributed by atoms with Crippen molar-refractivity contribution in [1.82, 2.24) is 4.90 Å². The van der Waals surface area contributed by atoms with Gasteiger partial charge in [-0.2, -0.15) is 0 Å². The smallest absolute Gasteiger partial charge is 0.222 e. The number of nitrogens with zero attached hydrogens (tertiary/aromatic N) is 1. The number of amides is 1. The molecule has 0 aromatic heterocycles. The van der Waals surface area contributed by atoms with E-state index in [1.807, 2.05) is 11.8 Å². The molecule has 0 aromatic carbocycles. The van der Waals surface area contributed by atoms with Crippen LogP contribution in [0.4, 0.5) is 0 Å². The summed E-state index contributed by atoms with van der Waals surface area (Å²) in [5.74, 6) is 1.68. The zero-order valence-electron chi connectivity index (χ0n) is 7.63. The van der Waals surface area contributed by atoms with Crippen molar-refractivity contribution in [2.24, 2.45) is 11.8 Å². The van der Waals surface area contributed by atoms with Crippen LogP contribution in [0.25, 0.3) is 0 Å². The minimum absolute atomic E-state index is 0.307. The number of hydrogen-bond donors (Lipinski definition) is 0. The summed E-state index contributed by atoms with van der Waals surface area (Å²) in [7, 11) is 0. The van der Waals surface area contributed by atoms with Crippen LogP contribution in [0.3, 0.4) is 0 Å². The van der Waals surface area contributed by atoms with Crippen LogP contribution in [0.5, 0.6) is 0 Å². The number of likely N-dealkylation sites (tertiary alicyclic amines) is 1. The van der Waals surface area contributed by atoms with Gasteiger partial charge in [-0.05, 0) is 11.8 Å². The minimum Gasteiger partial charge on any atom is -0.342 e. The van der Waals surface area contributed by atoms with E-state index in [1.54, 1.807) is 0 Å². The Labute approximate surface area is 68.6 Å². The molecule has 0 bridgehead atoms. The van der Waals surface area contributed by atoms with Gasteiger partial charge >= 0.3 is 0 Å². The fraction of sp³-hybridized carbons (Fsp3) is 0.889. The molecule has 11 heavy (non-hydrogen) atoms. The molecule has 2 unspecified atom stereocenters. The van der Waals surface area contributed by atoms with E-state index in [1.165, 1.54) is 0 Å². The van der Waals surface area contributed by atoms with Crippen molar-refractivity contribution in [1.29, 1.82) is 0 Å². The Balaban J connectivity index is 2.46. The molecule has 0 spiro atoms. The Morgan fingerprint density at radius 1 is 1.36 bits per heavy atom. The second kappa shape index (κ2) is 3.24. The summed E-state index contributed by atoms with van der Waals surface area (Å²) in [6.07, 6.45) is 0.652. The van der Waals surface area contributed by atoms with Crippen LogP contribution < -0.4 is 0 Å². The molecule has 0 aliphatic carbocycles. The highest BCUT2D eigenvalue weighted by Crippen LogP contribution is 2.22. The van der Waals surface area contributed by atoms with E-state index in [0.29, 0.717) is 24.2 Å². The van der Waals surface area contributed by atoms with Crippen molar-refractivity contribution in [3.8, 4) is 0 Å². The number of carbonyl (C=O) groups is 1. The summed E-state index contributed by atoms with van der Waals surface area (Å²) in [6.45, 7) is 8.29. The van der Waals surface area contributed by atoms with Crippen LogP contribution in [-0.4, -0.2) is 23.9 Å². The van der Waals surface area contributed by atoms with Crippen LogP contribution in [0.2, 0.25) is 0 Å². The molecule has 1 fully saturated rings. The summed E-state index contributed by atoms with van der Waals surface area (Å²) in [5.41, 5.74) is 0. The summed E-state index contributed by atoms with van der Waals surface area (Å²) in [4.78, 5) is 13.2. The number of hydrogen-bond acceptors (Lipinski definition) is 1. The third kappa shape index (κ3) is 1.73. The van der Waals surface area contributed by atoms with Crippen molar-refractivity contribution >= 4 is 5.91 Å². The molecule has 1 heterocycles. The molecule has 0 N–H and O–H groups in total. The normalized spacial score (nSPS) is 31.0. The highest BCUT2D eigenvalue weighted by molar-refractivity contribution is 5.76. The van der Waals surface area contributed by atoms with Gasteiger partial charge in [0, 0.05) is 19.5 Å². The van der Waals surface area contributed by atoms with Crippen molar-refractivity contribution in [2.45, 2.75) is 27.2 Å². The number of rotatable bonds is 1. The first-order chi connectivity index (χ1) is 5.15. The SMILES string of the molecule is CCC(=O)N1CC(C)C(C)C1. The second-order valence-electron chi connectivity index (χ2n) is 3.61. The highest BCUT2D eigenvalue weighted by atomic mass is 16.2. The van der Waals surface area contributed by atoms with E-state index in [4.69, 9.17) is 0 Å². The average molecular weight is 155 g/mol. The van der Waals surface area contributed by atoms with E-state index >= 15 is 0 Å². The molecule has 2 nitrogen and oxygen atoms in total. The van der Waals surface area contributed by atoms with Gasteiger partial charge < -0.3 is 4.90 Å². The summed E-state index contributed by atoms with van der Waals surface area (Å²) in [5, 5.41) is 0. The third-order valence-electron chi connectivity index (χ3n) is 2.64. The molecule has 2 heteroatoms. The maximum atomic E-state index is 11.2. The van der Waals surface area contributed by atoms with Gasteiger partial charge in [0.25, 0.3) is 0 Å². The average Bonchev–Trinajstić information content (AvgIpc) is 2.31. The Bertz CT molecular complexity index is 146. The predicted molar refractivity (Wildman–Crippen MR) is 45.2 cm³/mol. The van der Waals surface area contributed by atoms with Crippen LogP contribution >= 0.6 is 0 Å². The molecule has 64 valence electrons. The molecule has 0 aromatic rings. The topological polar surface area (TPSA) is 20.3 Å². The molecule has 0 radical (unpaired) electrons. The highest BCUT2D eigenvalue weighted by Gasteiger charge is 2.27. The van der Waals surface area contributed by atoms with Crippen LogP contribution in [-0.2, 0) is 4.79 Å². The zero-order chi connectivity index (χ0) is 8.43. The largest absolute Gasteiger partial charge is 0.342 e. The minimum atomic E-state index is 0.307. The first-order valence-corrected chi connectivity index (χ1v) is 4.43. The first kappa shape index (κ1) is 8.57. The van der Waals surface area contributed by atoms with Gasteiger partial charge in [-0.25, -0.2) is 0 Å². The van der Waals surface area contributed by atoms with Gasteiger partial charge in [0.1, 0.15) is 0 Å². The van der Waals surface area contributed by atoms with Crippen LogP contribution in [0.1, 0.15) is 27.2 Å². The Morgan fingerprint density at radius 2 is 1.82 bits per heavy atom. The maximum Gasteiger partial charge on any atom is 0.222 e. The Morgan fingerprint density at radius 3 is 2.18 bits per heavy atom. The molecule has 1 aliphatic heterocycles. The van der Waals surface area contributed by atoms with Crippen LogP contribution in [0.15, 0.2) is 0 Å². The summed E-state index contributed by atoms with van der Waals surface area (Å²) in [6, 6.07) is 0. The lowest BCUT2D eigenvalue weighted by atomic mass is 10.0. The maximum absolute atomic E-state index is 11.2. The van der Waals surface area contributed by atoms with Crippen LogP contribution in [0, 0.1) is 11.8 Å². The van der Waals surface area contributed by atoms with Crippen molar-refractivity contribution in [2.75, 3.05) is 13.1 Å². The zero-order valence-corrected chi connectivity index (χ0v) is 7.63.